The highest BCUT2D eigenvalue weighted by atomic mass is 16.5. The zero-order chi connectivity index (χ0) is 22.4. The van der Waals surface area contributed by atoms with Crippen LogP contribution in [0.15, 0.2) is 48.2 Å². The maximum atomic E-state index is 13.2. The molecular formula is C23H26N2O6. The standard InChI is InChI=1S/C23H26N2O6/c1-28-13-5-12-25-22(26)20(15-6-8-16(29-2)9-7-15)21(23(25)27)24-18-14-17(30-3)10-11-19(18)31-4/h6-11,14,24H,5,12-13H2,1-4H3. The Morgan fingerprint density at radius 1 is 0.839 bits per heavy atom. The topological polar surface area (TPSA) is 86.3 Å². The third-order valence-electron chi connectivity index (χ3n) is 4.94. The lowest BCUT2D eigenvalue weighted by molar-refractivity contribution is -0.136. The summed E-state index contributed by atoms with van der Waals surface area (Å²) in [5.41, 5.74) is 1.59. The molecule has 0 unspecified atom stereocenters. The van der Waals surface area contributed by atoms with Crippen LogP contribution in [0, 0.1) is 0 Å². The van der Waals surface area contributed by atoms with Crippen LogP contribution in [-0.4, -0.2) is 58.3 Å². The van der Waals surface area contributed by atoms with Crippen LogP contribution in [0.25, 0.3) is 5.57 Å². The van der Waals surface area contributed by atoms with Crippen LogP contribution < -0.4 is 19.5 Å². The van der Waals surface area contributed by atoms with E-state index in [2.05, 4.69) is 5.32 Å². The Hall–Kier alpha value is -3.52. The summed E-state index contributed by atoms with van der Waals surface area (Å²) in [6, 6.07) is 12.2. The van der Waals surface area contributed by atoms with Crippen LogP contribution in [-0.2, 0) is 14.3 Å². The molecule has 1 aliphatic heterocycles. The van der Waals surface area contributed by atoms with E-state index in [4.69, 9.17) is 18.9 Å². The molecule has 1 N–H and O–H groups in total. The average Bonchev–Trinajstić information content (AvgIpc) is 3.03. The molecule has 1 aliphatic rings. The van der Waals surface area contributed by atoms with Gasteiger partial charge in [-0.15, -0.1) is 0 Å². The summed E-state index contributed by atoms with van der Waals surface area (Å²) in [5, 5.41) is 3.11. The molecule has 0 aliphatic carbocycles. The zero-order valence-corrected chi connectivity index (χ0v) is 18.1. The van der Waals surface area contributed by atoms with Gasteiger partial charge in [-0.05, 0) is 36.2 Å². The van der Waals surface area contributed by atoms with Crippen molar-refractivity contribution < 1.29 is 28.5 Å². The molecule has 1 heterocycles. The Labute approximate surface area is 181 Å². The number of hydrogen-bond acceptors (Lipinski definition) is 7. The highest BCUT2D eigenvalue weighted by Gasteiger charge is 2.39. The number of benzene rings is 2. The summed E-state index contributed by atoms with van der Waals surface area (Å²) < 4.78 is 21.0. The highest BCUT2D eigenvalue weighted by molar-refractivity contribution is 6.36. The van der Waals surface area contributed by atoms with Crippen molar-refractivity contribution in [2.75, 3.05) is 46.9 Å². The summed E-state index contributed by atoms with van der Waals surface area (Å²) in [6.07, 6.45) is 0.541. The van der Waals surface area contributed by atoms with Crippen molar-refractivity contribution in [1.29, 1.82) is 0 Å². The molecule has 0 atom stereocenters. The monoisotopic (exact) mass is 426 g/mol. The predicted octanol–water partition coefficient (Wildman–Crippen LogP) is 2.94. The first kappa shape index (κ1) is 22.2. The quantitative estimate of drug-likeness (QED) is 0.462. The summed E-state index contributed by atoms with van der Waals surface area (Å²) in [6.45, 7) is 0.701. The maximum Gasteiger partial charge on any atom is 0.278 e. The Morgan fingerprint density at radius 2 is 1.52 bits per heavy atom. The number of carbonyl (C=O) groups is 2. The molecule has 2 aromatic carbocycles. The number of carbonyl (C=O) groups excluding carboxylic acids is 2. The van der Waals surface area contributed by atoms with Gasteiger partial charge in [0.1, 0.15) is 22.9 Å². The summed E-state index contributed by atoms with van der Waals surface area (Å²) in [5.74, 6) is 0.985. The second-order valence-corrected chi connectivity index (χ2v) is 6.78. The number of ether oxygens (including phenoxy) is 4. The van der Waals surface area contributed by atoms with E-state index in [1.165, 1.54) is 12.0 Å². The number of nitrogens with one attached hydrogen (secondary N) is 1. The molecular weight excluding hydrogens is 400 g/mol. The van der Waals surface area contributed by atoms with Crippen molar-refractivity contribution >= 4 is 23.1 Å². The number of amides is 2. The molecule has 0 bridgehead atoms. The molecule has 3 rings (SSSR count). The van der Waals surface area contributed by atoms with Crippen molar-refractivity contribution in [2.24, 2.45) is 0 Å². The molecule has 0 saturated heterocycles. The van der Waals surface area contributed by atoms with Gasteiger partial charge in [0.2, 0.25) is 0 Å². The van der Waals surface area contributed by atoms with Gasteiger partial charge in [0.25, 0.3) is 11.8 Å². The minimum absolute atomic E-state index is 0.180. The van der Waals surface area contributed by atoms with Crippen molar-refractivity contribution in [1.82, 2.24) is 4.90 Å². The van der Waals surface area contributed by atoms with Crippen LogP contribution in [0.1, 0.15) is 12.0 Å². The first-order chi connectivity index (χ1) is 15.0. The SMILES string of the molecule is COCCCN1C(=O)C(Nc2cc(OC)ccc2OC)=C(c2ccc(OC)cc2)C1=O. The van der Waals surface area contributed by atoms with Crippen molar-refractivity contribution in [3.63, 3.8) is 0 Å². The average molecular weight is 426 g/mol. The van der Waals surface area contributed by atoms with Gasteiger partial charge in [-0.3, -0.25) is 14.5 Å². The minimum atomic E-state index is -0.406. The molecule has 2 amide bonds. The largest absolute Gasteiger partial charge is 0.497 e. The first-order valence-corrected chi connectivity index (χ1v) is 9.77. The van der Waals surface area contributed by atoms with Gasteiger partial charge < -0.3 is 24.3 Å². The Kier molecular flexibility index (Phi) is 7.15. The lowest BCUT2D eigenvalue weighted by Crippen LogP contribution is -2.33. The van der Waals surface area contributed by atoms with E-state index in [0.29, 0.717) is 41.5 Å². The van der Waals surface area contributed by atoms with E-state index in [1.54, 1.807) is 63.8 Å². The fourth-order valence-corrected chi connectivity index (χ4v) is 3.33. The van der Waals surface area contributed by atoms with Gasteiger partial charge in [0.15, 0.2) is 0 Å². The van der Waals surface area contributed by atoms with E-state index in [0.717, 1.165) is 0 Å². The summed E-state index contributed by atoms with van der Waals surface area (Å²) in [4.78, 5) is 27.7. The van der Waals surface area contributed by atoms with Gasteiger partial charge in [-0.1, -0.05) is 12.1 Å². The van der Waals surface area contributed by atoms with Crippen molar-refractivity contribution in [2.45, 2.75) is 6.42 Å². The van der Waals surface area contributed by atoms with Crippen LogP contribution in [0.3, 0.4) is 0 Å². The molecule has 8 nitrogen and oxygen atoms in total. The van der Waals surface area contributed by atoms with Gasteiger partial charge in [-0.2, -0.15) is 0 Å². The molecule has 0 radical (unpaired) electrons. The van der Waals surface area contributed by atoms with Crippen molar-refractivity contribution in [3.05, 3.63) is 53.7 Å². The number of anilines is 1. The number of hydrogen-bond donors (Lipinski definition) is 1. The van der Waals surface area contributed by atoms with Crippen LogP contribution in [0.5, 0.6) is 17.2 Å². The number of rotatable bonds is 10. The van der Waals surface area contributed by atoms with Gasteiger partial charge in [-0.25, -0.2) is 0 Å². The number of nitrogens with zero attached hydrogens (tertiary/aromatic N) is 1. The Bertz CT molecular complexity index is 984. The van der Waals surface area contributed by atoms with E-state index in [9.17, 15) is 9.59 Å². The van der Waals surface area contributed by atoms with E-state index in [1.807, 2.05) is 0 Å². The fraction of sp³-hybridized carbons (Fsp3) is 0.304. The van der Waals surface area contributed by atoms with Crippen LogP contribution in [0.2, 0.25) is 0 Å². The molecule has 164 valence electrons. The van der Waals surface area contributed by atoms with E-state index in [-0.39, 0.29) is 23.7 Å². The lowest BCUT2D eigenvalue weighted by Gasteiger charge is -2.16. The van der Waals surface area contributed by atoms with Crippen LogP contribution >= 0.6 is 0 Å². The normalized spacial score (nSPS) is 13.6. The second-order valence-electron chi connectivity index (χ2n) is 6.78. The van der Waals surface area contributed by atoms with Gasteiger partial charge in [0, 0.05) is 26.3 Å². The minimum Gasteiger partial charge on any atom is -0.497 e. The molecule has 0 saturated carbocycles. The Balaban J connectivity index is 2.04. The third kappa shape index (κ3) is 4.64. The molecule has 0 spiro atoms. The van der Waals surface area contributed by atoms with E-state index < -0.39 is 5.91 Å². The molecule has 2 aromatic rings. The number of imide groups is 1. The third-order valence-corrected chi connectivity index (χ3v) is 4.94. The smallest absolute Gasteiger partial charge is 0.278 e. The van der Waals surface area contributed by atoms with Crippen molar-refractivity contribution in [3.8, 4) is 17.2 Å². The molecule has 0 fully saturated rings. The molecule has 31 heavy (non-hydrogen) atoms. The second kappa shape index (κ2) is 9.99. The van der Waals surface area contributed by atoms with E-state index >= 15 is 0 Å². The lowest BCUT2D eigenvalue weighted by atomic mass is 10.0. The fourth-order valence-electron chi connectivity index (χ4n) is 3.33. The molecule has 0 aromatic heterocycles. The first-order valence-electron chi connectivity index (χ1n) is 9.77. The predicted molar refractivity (Wildman–Crippen MR) is 116 cm³/mol. The Morgan fingerprint density at radius 3 is 2.13 bits per heavy atom. The number of methoxy groups -OCH3 is 4. The summed E-state index contributed by atoms with van der Waals surface area (Å²) >= 11 is 0. The summed E-state index contributed by atoms with van der Waals surface area (Å²) in [7, 11) is 6.23. The molecule has 8 heteroatoms. The van der Waals surface area contributed by atoms with Crippen LogP contribution in [0.4, 0.5) is 5.69 Å². The highest BCUT2D eigenvalue weighted by Crippen LogP contribution is 2.35. The maximum absolute atomic E-state index is 13.2. The zero-order valence-electron chi connectivity index (χ0n) is 18.1. The van der Waals surface area contributed by atoms with Gasteiger partial charge in [0.05, 0.1) is 32.6 Å². The van der Waals surface area contributed by atoms with Gasteiger partial charge >= 0.3 is 0 Å².